The van der Waals surface area contributed by atoms with Gasteiger partial charge in [-0.25, -0.2) is 9.48 Å². The van der Waals surface area contributed by atoms with Crippen LogP contribution in [0, 0.1) is 6.92 Å². The maximum atomic E-state index is 12.2. The summed E-state index contributed by atoms with van der Waals surface area (Å²) in [6.07, 6.45) is 4.55. The van der Waals surface area contributed by atoms with Crippen molar-refractivity contribution in [1.29, 1.82) is 0 Å². The molecule has 1 saturated carbocycles. The van der Waals surface area contributed by atoms with Gasteiger partial charge in [-0.15, -0.1) is 0 Å². The number of hydrogen-bond donors (Lipinski definition) is 3. The average Bonchev–Trinajstić information content (AvgIpc) is 2.98. The monoisotopic (exact) mass is 314 g/mol. The van der Waals surface area contributed by atoms with E-state index in [1.165, 1.54) is 0 Å². The minimum absolute atomic E-state index is 0.119. The zero-order chi connectivity index (χ0) is 16.2. The number of hydrogen-bond acceptors (Lipinski definition) is 3. The number of nitrogens with one attached hydrogen (secondary N) is 2. The van der Waals surface area contributed by atoms with Crippen molar-refractivity contribution < 1.29 is 9.90 Å². The number of para-hydroxylation sites is 1. The number of aromatic nitrogens is 2. The van der Waals surface area contributed by atoms with Crippen molar-refractivity contribution in [2.24, 2.45) is 0 Å². The zero-order valence-corrected chi connectivity index (χ0v) is 13.2. The van der Waals surface area contributed by atoms with Crippen LogP contribution in [0.5, 0.6) is 0 Å². The lowest BCUT2D eigenvalue weighted by atomic mass is 9.93. The van der Waals surface area contributed by atoms with Crippen LogP contribution in [-0.2, 0) is 0 Å². The minimum Gasteiger partial charge on any atom is -0.393 e. The van der Waals surface area contributed by atoms with Crippen LogP contribution in [0.1, 0.15) is 31.2 Å². The second kappa shape index (κ2) is 6.83. The van der Waals surface area contributed by atoms with E-state index in [9.17, 15) is 9.90 Å². The Morgan fingerprint density at radius 2 is 1.96 bits per heavy atom. The maximum absolute atomic E-state index is 12.2. The highest BCUT2D eigenvalue weighted by Gasteiger charge is 2.21. The summed E-state index contributed by atoms with van der Waals surface area (Å²) in [7, 11) is 0. The lowest BCUT2D eigenvalue weighted by molar-refractivity contribution is 0.118. The van der Waals surface area contributed by atoms with Crippen molar-refractivity contribution in [1.82, 2.24) is 15.1 Å². The van der Waals surface area contributed by atoms with Crippen LogP contribution >= 0.6 is 0 Å². The quantitative estimate of drug-likeness (QED) is 0.815. The molecule has 0 atom stereocenters. The van der Waals surface area contributed by atoms with E-state index in [4.69, 9.17) is 0 Å². The molecule has 3 N–H and O–H groups in total. The van der Waals surface area contributed by atoms with Crippen LogP contribution in [-0.4, -0.2) is 33.1 Å². The number of anilines is 1. The maximum Gasteiger partial charge on any atom is 0.320 e. The smallest absolute Gasteiger partial charge is 0.320 e. The van der Waals surface area contributed by atoms with Crippen LogP contribution in [0.2, 0.25) is 0 Å². The van der Waals surface area contributed by atoms with Crippen molar-refractivity contribution in [3.8, 4) is 5.69 Å². The second-order valence-corrected chi connectivity index (χ2v) is 6.02. The van der Waals surface area contributed by atoms with Gasteiger partial charge in [0.1, 0.15) is 5.82 Å². The topological polar surface area (TPSA) is 79.2 Å². The lowest BCUT2D eigenvalue weighted by Gasteiger charge is -2.26. The van der Waals surface area contributed by atoms with Crippen molar-refractivity contribution >= 4 is 11.8 Å². The molecular formula is C17H22N4O2. The van der Waals surface area contributed by atoms with Gasteiger partial charge in [0.2, 0.25) is 0 Å². The van der Waals surface area contributed by atoms with Crippen LogP contribution in [0.4, 0.5) is 10.6 Å². The van der Waals surface area contributed by atoms with Gasteiger partial charge in [-0.1, -0.05) is 18.2 Å². The van der Waals surface area contributed by atoms with Gasteiger partial charge in [-0.05, 0) is 44.2 Å². The van der Waals surface area contributed by atoms with Crippen LogP contribution < -0.4 is 10.6 Å². The van der Waals surface area contributed by atoms with Gasteiger partial charge in [0.05, 0.1) is 18.0 Å². The van der Waals surface area contributed by atoms with E-state index < -0.39 is 0 Å². The number of aryl methyl sites for hydroxylation is 1. The fraction of sp³-hybridized carbons (Fsp3) is 0.412. The Balaban J connectivity index is 1.66. The molecule has 0 bridgehead atoms. The number of benzene rings is 1. The Bertz CT molecular complexity index is 675. The molecule has 122 valence electrons. The van der Waals surface area contributed by atoms with E-state index in [2.05, 4.69) is 15.7 Å². The molecule has 3 rings (SSSR count). The van der Waals surface area contributed by atoms with Crippen molar-refractivity contribution in [3.63, 3.8) is 0 Å². The molecule has 1 aliphatic rings. The minimum atomic E-state index is -0.235. The Hall–Kier alpha value is -2.34. The predicted molar refractivity (Wildman–Crippen MR) is 88.7 cm³/mol. The van der Waals surface area contributed by atoms with Gasteiger partial charge < -0.3 is 10.4 Å². The summed E-state index contributed by atoms with van der Waals surface area (Å²) in [5, 5.41) is 19.6. The summed E-state index contributed by atoms with van der Waals surface area (Å²) in [5.41, 5.74) is 2.02. The highest BCUT2D eigenvalue weighted by atomic mass is 16.3. The molecule has 0 aliphatic heterocycles. The number of amides is 2. The molecule has 6 nitrogen and oxygen atoms in total. The second-order valence-electron chi connectivity index (χ2n) is 6.02. The number of urea groups is 1. The Morgan fingerprint density at radius 1 is 1.22 bits per heavy atom. The summed E-state index contributed by atoms with van der Waals surface area (Å²) >= 11 is 0. The number of carbonyl (C=O) groups excluding carboxylic acids is 1. The number of nitrogens with zero attached hydrogens (tertiary/aromatic N) is 2. The highest BCUT2D eigenvalue weighted by Crippen LogP contribution is 2.20. The summed E-state index contributed by atoms with van der Waals surface area (Å²) in [6, 6.07) is 9.55. The SMILES string of the molecule is Cc1ccccc1-n1nccc1NC(=O)NC1CCC(O)CC1. The number of aliphatic hydroxyl groups excluding tert-OH is 1. The van der Waals surface area contributed by atoms with E-state index in [-0.39, 0.29) is 18.2 Å². The van der Waals surface area contributed by atoms with E-state index in [0.717, 1.165) is 36.9 Å². The van der Waals surface area contributed by atoms with E-state index in [1.54, 1.807) is 16.9 Å². The fourth-order valence-electron chi connectivity index (χ4n) is 2.95. The fourth-order valence-corrected chi connectivity index (χ4v) is 2.95. The number of rotatable bonds is 3. The molecule has 23 heavy (non-hydrogen) atoms. The Kier molecular flexibility index (Phi) is 4.62. The van der Waals surface area contributed by atoms with Gasteiger partial charge in [0, 0.05) is 12.1 Å². The Morgan fingerprint density at radius 3 is 2.70 bits per heavy atom. The molecule has 1 aromatic carbocycles. The van der Waals surface area contributed by atoms with E-state index >= 15 is 0 Å². The first kappa shape index (κ1) is 15.6. The summed E-state index contributed by atoms with van der Waals surface area (Å²) < 4.78 is 1.72. The van der Waals surface area contributed by atoms with E-state index in [0.29, 0.717) is 5.82 Å². The standard InChI is InChI=1S/C17H22N4O2/c1-12-4-2-3-5-15(12)21-16(10-11-18-21)20-17(23)19-13-6-8-14(22)9-7-13/h2-5,10-11,13-14,22H,6-9H2,1H3,(H2,19,20,23). The normalized spacial score (nSPS) is 21.0. The summed E-state index contributed by atoms with van der Waals surface area (Å²) in [5.74, 6) is 0.632. The van der Waals surface area contributed by atoms with Crippen molar-refractivity contribution in [3.05, 3.63) is 42.1 Å². The van der Waals surface area contributed by atoms with Crippen LogP contribution in [0.25, 0.3) is 5.69 Å². The first-order valence-corrected chi connectivity index (χ1v) is 7.99. The molecule has 2 aromatic rings. The number of aliphatic hydroxyl groups is 1. The molecule has 1 fully saturated rings. The lowest BCUT2D eigenvalue weighted by Crippen LogP contribution is -2.41. The molecule has 1 heterocycles. The summed E-state index contributed by atoms with van der Waals surface area (Å²) in [4.78, 5) is 12.2. The molecule has 1 aromatic heterocycles. The molecule has 6 heteroatoms. The van der Waals surface area contributed by atoms with Gasteiger partial charge in [-0.2, -0.15) is 5.10 Å². The number of carbonyl (C=O) groups is 1. The molecule has 0 unspecified atom stereocenters. The molecule has 2 amide bonds. The molecule has 0 saturated heterocycles. The Labute approximate surface area is 135 Å². The molecular weight excluding hydrogens is 292 g/mol. The molecule has 0 radical (unpaired) electrons. The van der Waals surface area contributed by atoms with Gasteiger partial charge in [0.15, 0.2) is 0 Å². The highest BCUT2D eigenvalue weighted by molar-refractivity contribution is 5.88. The predicted octanol–water partition coefficient (Wildman–Crippen LogP) is 2.61. The third-order valence-electron chi connectivity index (χ3n) is 4.26. The summed E-state index contributed by atoms with van der Waals surface area (Å²) in [6.45, 7) is 2.01. The zero-order valence-electron chi connectivity index (χ0n) is 13.2. The van der Waals surface area contributed by atoms with Crippen molar-refractivity contribution in [2.45, 2.75) is 44.8 Å². The third-order valence-corrected chi connectivity index (χ3v) is 4.26. The largest absolute Gasteiger partial charge is 0.393 e. The first-order valence-electron chi connectivity index (χ1n) is 7.99. The van der Waals surface area contributed by atoms with Crippen molar-refractivity contribution in [2.75, 3.05) is 5.32 Å². The van der Waals surface area contributed by atoms with Crippen LogP contribution in [0.3, 0.4) is 0 Å². The van der Waals surface area contributed by atoms with Gasteiger partial charge in [-0.3, -0.25) is 5.32 Å². The average molecular weight is 314 g/mol. The van der Waals surface area contributed by atoms with Gasteiger partial charge >= 0.3 is 6.03 Å². The first-order chi connectivity index (χ1) is 11.1. The van der Waals surface area contributed by atoms with Crippen LogP contribution in [0.15, 0.2) is 36.5 Å². The van der Waals surface area contributed by atoms with E-state index in [1.807, 2.05) is 31.2 Å². The molecule has 1 aliphatic carbocycles. The molecule has 0 spiro atoms. The third kappa shape index (κ3) is 3.71. The van der Waals surface area contributed by atoms with Gasteiger partial charge in [0.25, 0.3) is 0 Å².